The first-order valence-electron chi connectivity index (χ1n) is 10.9. The number of aromatic nitrogens is 1. The van der Waals surface area contributed by atoms with Crippen LogP contribution in [0.2, 0.25) is 0 Å². The molecule has 0 bridgehead atoms. The molecule has 0 N–H and O–H groups in total. The summed E-state index contributed by atoms with van der Waals surface area (Å²) in [5.74, 6) is 0.403. The van der Waals surface area contributed by atoms with E-state index in [4.69, 9.17) is 9.47 Å². The van der Waals surface area contributed by atoms with Crippen molar-refractivity contribution in [1.82, 2.24) is 4.57 Å². The molecule has 3 rings (SSSR count). The van der Waals surface area contributed by atoms with Crippen LogP contribution in [-0.2, 0) is 14.3 Å². The highest BCUT2D eigenvalue weighted by molar-refractivity contribution is 5.92. The first-order chi connectivity index (χ1) is 14.3. The molecule has 1 saturated carbocycles. The third kappa shape index (κ3) is 4.94. The lowest BCUT2D eigenvalue weighted by Crippen LogP contribution is -2.36. The summed E-state index contributed by atoms with van der Waals surface area (Å²) >= 11 is 0. The van der Waals surface area contributed by atoms with Gasteiger partial charge in [-0.1, -0.05) is 45.4 Å². The average Bonchev–Trinajstić information content (AvgIpc) is 3.00. The van der Waals surface area contributed by atoms with Crippen molar-refractivity contribution in [1.29, 1.82) is 0 Å². The molecule has 0 amide bonds. The highest BCUT2D eigenvalue weighted by atomic mass is 16.6. The second-order valence-corrected chi connectivity index (χ2v) is 8.89. The smallest absolute Gasteiger partial charge is 0.344 e. The fourth-order valence-corrected chi connectivity index (χ4v) is 4.60. The van der Waals surface area contributed by atoms with Gasteiger partial charge in [-0.2, -0.15) is 0 Å². The number of aryl methyl sites for hydroxylation is 1. The number of ether oxygens (including phenoxy) is 2. The monoisotopic (exact) mass is 411 g/mol. The molecule has 1 heterocycles. The number of nitrogens with zero attached hydrogens (tertiary/aromatic N) is 1. The summed E-state index contributed by atoms with van der Waals surface area (Å²) in [6.07, 6.45) is 3.02. The summed E-state index contributed by atoms with van der Waals surface area (Å²) < 4.78 is 13.0. The van der Waals surface area contributed by atoms with Gasteiger partial charge in [0.15, 0.2) is 6.61 Å². The molecule has 162 valence electrons. The topological polar surface area (TPSA) is 57.5 Å². The third-order valence-corrected chi connectivity index (χ3v) is 6.23. The lowest BCUT2D eigenvalue weighted by Gasteiger charge is -2.36. The van der Waals surface area contributed by atoms with Gasteiger partial charge in [0, 0.05) is 17.1 Å². The molecular formula is C25H33NO4. The van der Waals surface area contributed by atoms with E-state index in [9.17, 15) is 9.59 Å². The van der Waals surface area contributed by atoms with Gasteiger partial charge in [0.2, 0.25) is 0 Å². The summed E-state index contributed by atoms with van der Waals surface area (Å²) in [5.41, 5.74) is 3.18. The van der Waals surface area contributed by atoms with Crippen molar-refractivity contribution in [2.75, 3.05) is 6.61 Å². The van der Waals surface area contributed by atoms with Gasteiger partial charge in [0.1, 0.15) is 6.10 Å². The molecule has 0 radical (unpaired) electrons. The molecule has 1 aliphatic rings. The Morgan fingerprint density at radius 3 is 2.50 bits per heavy atom. The number of benzene rings is 1. The first-order valence-corrected chi connectivity index (χ1v) is 10.9. The van der Waals surface area contributed by atoms with Gasteiger partial charge in [0.05, 0.1) is 5.56 Å². The quantitative estimate of drug-likeness (QED) is 0.609. The van der Waals surface area contributed by atoms with E-state index in [2.05, 4.69) is 20.8 Å². The van der Waals surface area contributed by atoms with Crippen molar-refractivity contribution in [3.05, 3.63) is 53.3 Å². The highest BCUT2D eigenvalue weighted by Gasteiger charge is 2.33. The molecule has 3 unspecified atom stereocenters. The van der Waals surface area contributed by atoms with Crippen LogP contribution in [0, 0.1) is 31.6 Å². The van der Waals surface area contributed by atoms with Crippen molar-refractivity contribution in [3.63, 3.8) is 0 Å². The van der Waals surface area contributed by atoms with Crippen LogP contribution < -0.4 is 0 Å². The summed E-state index contributed by atoms with van der Waals surface area (Å²) in [5, 5.41) is 0. The van der Waals surface area contributed by atoms with E-state index in [0.29, 0.717) is 23.3 Å². The van der Waals surface area contributed by atoms with Crippen LogP contribution >= 0.6 is 0 Å². The zero-order chi connectivity index (χ0) is 21.8. The molecule has 1 aromatic heterocycles. The largest absolute Gasteiger partial charge is 0.460 e. The first kappa shape index (κ1) is 22.1. The normalized spacial score (nSPS) is 21.5. The summed E-state index contributed by atoms with van der Waals surface area (Å²) in [4.78, 5) is 25.0. The highest BCUT2D eigenvalue weighted by Crippen LogP contribution is 2.35. The van der Waals surface area contributed by atoms with E-state index < -0.39 is 11.9 Å². The number of carbonyl (C=O) groups is 2. The minimum absolute atomic E-state index is 0.0944. The Kier molecular flexibility index (Phi) is 7.01. The Hall–Kier alpha value is -2.56. The van der Waals surface area contributed by atoms with E-state index in [0.717, 1.165) is 29.9 Å². The number of esters is 2. The Morgan fingerprint density at radius 1 is 1.13 bits per heavy atom. The Balaban J connectivity index is 1.62. The van der Waals surface area contributed by atoms with Crippen molar-refractivity contribution in [2.45, 2.75) is 60.0 Å². The van der Waals surface area contributed by atoms with Crippen LogP contribution in [0.25, 0.3) is 5.69 Å². The van der Waals surface area contributed by atoms with E-state index in [1.54, 1.807) is 6.07 Å². The van der Waals surface area contributed by atoms with E-state index in [-0.39, 0.29) is 12.7 Å². The molecular weight excluding hydrogens is 378 g/mol. The van der Waals surface area contributed by atoms with Gasteiger partial charge in [-0.3, -0.25) is 0 Å². The number of hydrogen-bond acceptors (Lipinski definition) is 4. The summed E-state index contributed by atoms with van der Waals surface area (Å²) in [7, 11) is 0. The van der Waals surface area contributed by atoms with E-state index >= 15 is 0 Å². The van der Waals surface area contributed by atoms with E-state index in [1.165, 1.54) is 6.42 Å². The maximum absolute atomic E-state index is 12.6. The lowest BCUT2D eigenvalue weighted by molar-refractivity contribution is -0.159. The van der Waals surface area contributed by atoms with Gasteiger partial charge >= 0.3 is 11.9 Å². The molecule has 3 atom stereocenters. The number of para-hydroxylation sites is 1. The second-order valence-electron chi connectivity index (χ2n) is 8.89. The molecule has 1 fully saturated rings. The predicted molar refractivity (Wildman–Crippen MR) is 117 cm³/mol. The zero-order valence-electron chi connectivity index (χ0n) is 18.7. The third-order valence-electron chi connectivity index (χ3n) is 6.23. The second kappa shape index (κ2) is 9.50. The van der Waals surface area contributed by atoms with Crippen LogP contribution in [0.15, 0.2) is 36.4 Å². The fourth-order valence-electron chi connectivity index (χ4n) is 4.60. The van der Waals surface area contributed by atoms with Gasteiger partial charge < -0.3 is 14.0 Å². The zero-order valence-corrected chi connectivity index (χ0v) is 18.7. The standard InChI is InChI=1S/C25H33NO4/c1-16(2)21-12-11-17(3)13-23(21)30-24(27)15-29-25(28)22-14-18(4)26(19(22)5)20-9-7-6-8-10-20/h6-10,14,16-17,21,23H,11-13,15H2,1-5H3. The van der Waals surface area contributed by atoms with Crippen molar-refractivity contribution < 1.29 is 19.1 Å². The Bertz CT molecular complexity index is 884. The van der Waals surface area contributed by atoms with Gasteiger partial charge in [-0.05, 0) is 62.6 Å². The van der Waals surface area contributed by atoms with Crippen LogP contribution in [0.3, 0.4) is 0 Å². The number of rotatable bonds is 6. The molecule has 5 heteroatoms. The molecule has 1 aliphatic carbocycles. The minimum atomic E-state index is -0.500. The molecule has 0 spiro atoms. The van der Waals surface area contributed by atoms with Crippen molar-refractivity contribution >= 4 is 11.9 Å². The van der Waals surface area contributed by atoms with Crippen LogP contribution in [0.4, 0.5) is 0 Å². The molecule has 5 nitrogen and oxygen atoms in total. The minimum Gasteiger partial charge on any atom is -0.460 e. The maximum atomic E-state index is 12.6. The van der Waals surface area contributed by atoms with Crippen LogP contribution in [0.5, 0.6) is 0 Å². The van der Waals surface area contributed by atoms with Crippen molar-refractivity contribution in [3.8, 4) is 5.69 Å². The molecule has 1 aromatic carbocycles. The average molecular weight is 412 g/mol. The van der Waals surface area contributed by atoms with Crippen LogP contribution in [-0.4, -0.2) is 29.2 Å². The molecule has 2 aromatic rings. The molecule has 0 aliphatic heterocycles. The predicted octanol–water partition coefficient (Wildman–Crippen LogP) is 5.25. The van der Waals surface area contributed by atoms with Crippen molar-refractivity contribution in [2.24, 2.45) is 17.8 Å². The Morgan fingerprint density at radius 2 is 1.83 bits per heavy atom. The van der Waals surface area contributed by atoms with Crippen LogP contribution in [0.1, 0.15) is 61.8 Å². The number of carbonyl (C=O) groups excluding carboxylic acids is 2. The fraction of sp³-hybridized carbons (Fsp3) is 0.520. The summed E-state index contributed by atoms with van der Waals surface area (Å²) in [6, 6.07) is 11.6. The lowest BCUT2D eigenvalue weighted by atomic mass is 9.75. The van der Waals surface area contributed by atoms with Gasteiger partial charge in [0.25, 0.3) is 0 Å². The maximum Gasteiger partial charge on any atom is 0.344 e. The van der Waals surface area contributed by atoms with Gasteiger partial charge in [-0.15, -0.1) is 0 Å². The summed E-state index contributed by atoms with van der Waals surface area (Å²) in [6.45, 7) is 10.0. The van der Waals surface area contributed by atoms with Gasteiger partial charge in [-0.25, -0.2) is 9.59 Å². The molecule has 0 saturated heterocycles. The molecule has 30 heavy (non-hydrogen) atoms. The van der Waals surface area contributed by atoms with E-state index in [1.807, 2.05) is 48.7 Å². The number of hydrogen-bond donors (Lipinski definition) is 0. The Labute approximate surface area is 179 Å². The SMILES string of the molecule is Cc1cc(C(=O)OCC(=O)OC2CC(C)CCC2C(C)C)c(C)n1-c1ccccc1.